The molecule has 0 aliphatic rings. The van der Waals surface area contributed by atoms with Crippen LogP contribution in [0.15, 0.2) is 47.3 Å². The minimum atomic E-state index is -0.328. The molecule has 0 atom stereocenters. The first-order valence-electron chi connectivity index (χ1n) is 6.66. The summed E-state index contributed by atoms with van der Waals surface area (Å²) in [7, 11) is 1.69. The van der Waals surface area contributed by atoms with Gasteiger partial charge in [0.15, 0.2) is 0 Å². The van der Waals surface area contributed by atoms with E-state index in [4.69, 9.17) is 4.74 Å². The second-order valence-electron chi connectivity index (χ2n) is 4.55. The second-order valence-corrected chi connectivity index (χ2v) is 4.55. The Balaban J connectivity index is 1.76. The molecule has 0 radical (unpaired) electrons. The van der Waals surface area contributed by atoms with Crippen LogP contribution in [-0.4, -0.2) is 41.2 Å². The Morgan fingerprint density at radius 1 is 1.24 bits per heavy atom. The molecule has 21 heavy (non-hydrogen) atoms. The number of ether oxygens (including phenoxy) is 1. The van der Waals surface area contributed by atoms with Crippen molar-refractivity contribution in [1.29, 1.82) is 0 Å². The second kappa shape index (κ2) is 7.23. The summed E-state index contributed by atoms with van der Waals surface area (Å²) < 4.78 is 5.56. The Morgan fingerprint density at radius 2 is 2.00 bits per heavy atom. The van der Waals surface area contributed by atoms with Crippen molar-refractivity contribution < 1.29 is 9.53 Å². The largest absolute Gasteiger partial charge is 0.494 e. The summed E-state index contributed by atoms with van der Waals surface area (Å²) in [5.74, 6) is 0.583. The van der Waals surface area contributed by atoms with Crippen LogP contribution < -0.4 is 10.3 Å². The van der Waals surface area contributed by atoms with E-state index in [1.165, 1.54) is 12.1 Å². The number of aromatic amines is 1. The van der Waals surface area contributed by atoms with E-state index in [0.29, 0.717) is 19.6 Å². The molecule has 0 saturated heterocycles. The molecule has 0 spiro atoms. The SMILES string of the molecule is CN(CCCOc1ccccc1)C(=O)c1ccc(=O)[nH]n1. The van der Waals surface area contributed by atoms with Gasteiger partial charge in [0.2, 0.25) is 0 Å². The summed E-state index contributed by atoms with van der Waals surface area (Å²) in [4.78, 5) is 24.5. The molecule has 0 aliphatic heterocycles. The number of H-pyrrole nitrogens is 1. The monoisotopic (exact) mass is 287 g/mol. The van der Waals surface area contributed by atoms with E-state index < -0.39 is 0 Å². The van der Waals surface area contributed by atoms with Crippen LogP contribution >= 0.6 is 0 Å². The van der Waals surface area contributed by atoms with Crippen molar-refractivity contribution in [3.63, 3.8) is 0 Å². The molecule has 6 nitrogen and oxygen atoms in total. The van der Waals surface area contributed by atoms with E-state index in [0.717, 1.165) is 5.75 Å². The number of nitrogens with zero attached hydrogens (tertiary/aromatic N) is 2. The molecular formula is C15H17N3O3. The zero-order chi connectivity index (χ0) is 15.1. The fourth-order valence-electron chi connectivity index (χ4n) is 1.77. The van der Waals surface area contributed by atoms with Gasteiger partial charge in [-0.1, -0.05) is 18.2 Å². The number of hydrogen-bond acceptors (Lipinski definition) is 4. The lowest BCUT2D eigenvalue weighted by Crippen LogP contribution is -2.30. The van der Waals surface area contributed by atoms with Gasteiger partial charge < -0.3 is 9.64 Å². The lowest BCUT2D eigenvalue weighted by atomic mass is 10.3. The zero-order valence-electron chi connectivity index (χ0n) is 11.8. The summed E-state index contributed by atoms with van der Waals surface area (Å²) in [5, 5.41) is 5.96. The van der Waals surface area contributed by atoms with Crippen LogP contribution in [0.2, 0.25) is 0 Å². The van der Waals surface area contributed by atoms with Crippen molar-refractivity contribution in [1.82, 2.24) is 15.1 Å². The smallest absolute Gasteiger partial charge is 0.274 e. The fourth-order valence-corrected chi connectivity index (χ4v) is 1.77. The fraction of sp³-hybridized carbons (Fsp3) is 0.267. The average molecular weight is 287 g/mol. The number of para-hydroxylation sites is 1. The number of nitrogens with one attached hydrogen (secondary N) is 1. The molecule has 2 aromatic rings. The number of hydrogen-bond donors (Lipinski definition) is 1. The molecule has 110 valence electrons. The van der Waals surface area contributed by atoms with Crippen LogP contribution in [0.4, 0.5) is 0 Å². The minimum absolute atomic E-state index is 0.223. The van der Waals surface area contributed by atoms with Crippen molar-refractivity contribution >= 4 is 5.91 Å². The average Bonchev–Trinajstić information content (AvgIpc) is 2.52. The number of amides is 1. The highest BCUT2D eigenvalue weighted by Gasteiger charge is 2.12. The molecule has 1 N–H and O–H groups in total. The Hall–Kier alpha value is -2.63. The first-order chi connectivity index (χ1) is 10.2. The van der Waals surface area contributed by atoms with E-state index in [9.17, 15) is 9.59 Å². The Kier molecular flexibility index (Phi) is 5.09. The Morgan fingerprint density at radius 3 is 2.67 bits per heavy atom. The molecule has 0 bridgehead atoms. The molecule has 0 aliphatic carbocycles. The highest BCUT2D eigenvalue weighted by Crippen LogP contribution is 2.08. The van der Waals surface area contributed by atoms with Crippen molar-refractivity contribution in [3.8, 4) is 5.75 Å². The maximum atomic E-state index is 12.0. The predicted molar refractivity (Wildman–Crippen MR) is 78.4 cm³/mol. The lowest BCUT2D eigenvalue weighted by molar-refractivity contribution is 0.0781. The Bertz CT molecular complexity index is 620. The quantitative estimate of drug-likeness (QED) is 0.813. The van der Waals surface area contributed by atoms with Gasteiger partial charge in [-0.3, -0.25) is 9.59 Å². The lowest BCUT2D eigenvalue weighted by Gasteiger charge is -2.16. The van der Waals surface area contributed by atoms with Crippen molar-refractivity contribution in [3.05, 3.63) is 58.5 Å². The van der Waals surface area contributed by atoms with E-state index in [-0.39, 0.29) is 17.2 Å². The van der Waals surface area contributed by atoms with Crippen LogP contribution in [0.25, 0.3) is 0 Å². The third kappa shape index (κ3) is 4.45. The third-order valence-corrected chi connectivity index (χ3v) is 2.89. The summed E-state index contributed by atoms with van der Waals surface area (Å²) in [6.45, 7) is 1.08. The third-order valence-electron chi connectivity index (χ3n) is 2.89. The highest BCUT2D eigenvalue weighted by atomic mass is 16.5. The molecule has 1 aromatic carbocycles. The molecule has 6 heteroatoms. The zero-order valence-corrected chi connectivity index (χ0v) is 11.8. The van der Waals surface area contributed by atoms with Crippen LogP contribution in [-0.2, 0) is 0 Å². The van der Waals surface area contributed by atoms with E-state index >= 15 is 0 Å². The molecule has 2 rings (SSSR count). The molecule has 0 unspecified atom stereocenters. The number of rotatable bonds is 6. The maximum absolute atomic E-state index is 12.0. The van der Waals surface area contributed by atoms with Gasteiger partial charge in [-0.2, -0.15) is 5.10 Å². The molecule has 0 fully saturated rings. The van der Waals surface area contributed by atoms with Gasteiger partial charge in [-0.15, -0.1) is 0 Å². The van der Waals surface area contributed by atoms with Gasteiger partial charge in [0, 0.05) is 19.7 Å². The number of carbonyl (C=O) groups excluding carboxylic acids is 1. The van der Waals surface area contributed by atoms with Crippen LogP contribution in [0.3, 0.4) is 0 Å². The molecule has 1 amide bonds. The van der Waals surface area contributed by atoms with Crippen LogP contribution in [0, 0.1) is 0 Å². The maximum Gasteiger partial charge on any atom is 0.274 e. The van der Waals surface area contributed by atoms with Crippen LogP contribution in [0.1, 0.15) is 16.9 Å². The van der Waals surface area contributed by atoms with Gasteiger partial charge in [-0.25, -0.2) is 5.10 Å². The van der Waals surface area contributed by atoms with Crippen molar-refractivity contribution in [2.24, 2.45) is 0 Å². The van der Waals surface area contributed by atoms with Gasteiger partial charge in [0.05, 0.1) is 6.61 Å². The molecule has 1 heterocycles. The van der Waals surface area contributed by atoms with Gasteiger partial charge >= 0.3 is 0 Å². The van der Waals surface area contributed by atoms with Crippen LogP contribution in [0.5, 0.6) is 5.75 Å². The van der Waals surface area contributed by atoms with Crippen molar-refractivity contribution in [2.45, 2.75) is 6.42 Å². The minimum Gasteiger partial charge on any atom is -0.494 e. The summed E-state index contributed by atoms with van der Waals surface area (Å²) in [6, 6.07) is 12.2. The molecule has 1 aromatic heterocycles. The van der Waals surface area contributed by atoms with Gasteiger partial charge in [0.1, 0.15) is 11.4 Å². The summed E-state index contributed by atoms with van der Waals surface area (Å²) in [5.41, 5.74) is -0.105. The normalized spacial score (nSPS) is 10.1. The van der Waals surface area contributed by atoms with E-state index in [2.05, 4.69) is 10.2 Å². The molecular weight excluding hydrogens is 270 g/mol. The highest BCUT2D eigenvalue weighted by molar-refractivity contribution is 5.91. The van der Waals surface area contributed by atoms with Crippen molar-refractivity contribution in [2.75, 3.05) is 20.2 Å². The standard InChI is InChI=1S/C15H17N3O3/c1-18(15(20)13-8-9-14(19)17-16-13)10-5-11-21-12-6-3-2-4-7-12/h2-4,6-9H,5,10-11H2,1H3,(H,17,19). The van der Waals surface area contributed by atoms with Gasteiger partial charge in [-0.05, 0) is 24.6 Å². The topological polar surface area (TPSA) is 75.3 Å². The summed E-state index contributed by atoms with van der Waals surface area (Å²) in [6.07, 6.45) is 0.709. The number of carbonyl (C=O) groups is 1. The first kappa shape index (κ1) is 14.8. The summed E-state index contributed by atoms with van der Waals surface area (Å²) >= 11 is 0. The number of aromatic nitrogens is 2. The van der Waals surface area contributed by atoms with E-state index in [1.807, 2.05) is 30.3 Å². The number of benzene rings is 1. The molecule has 0 saturated carbocycles. The first-order valence-corrected chi connectivity index (χ1v) is 6.66. The van der Waals surface area contributed by atoms with E-state index in [1.54, 1.807) is 11.9 Å². The van der Waals surface area contributed by atoms with Gasteiger partial charge in [0.25, 0.3) is 11.5 Å². The Labute approximate surface area is 122 Å². The predicted octanol–water partition coefficient (Wildman–Crippen LogP) is 1.31.